The lowest BCUT2D eigenvalue weighted by molar-refractivity contribution is -0.303. The van der Waals surface area contributed by atoms with Crippen LogP contribution in [0.15, 0.2) is 0 Å². The molecule has 5 atom stereocenters. The van der Waals surface area contributed by atoms with Gasteiger partial charge in [0, 0.05) is 0 Å². The molecule has 1 saturated carbocycles. The molecule has 0 aromatic carbocycles. The summed E-state index contributed by atoms with van der Waals surface area (Å²) >= 11 is 0. The van der Waals surface area contributed by atoms with Gasteiger partial charge in [0.15, 0.2) is 6.29 Å². The molecule has 0 unspecified atom stereocenters. The Bertz CT molecular complexity index is 228. The Hall–Kier alpha value is -0.200. The highest BCUT2D eigenvalue weighted by Crippen LogP contribution is 2.27. The molecule has 5 nitrogen and oxygen atoms in total. The molecular weight excluding hydrogens is 212 g/mol. The van der Waals surface area contributed by atoms with E-state index in [0.717, 1.165) is 25.7 Å². The van der Waals surface area contributed by atoms with Gasteiger partial charge in [0.25, 0.3) is 0 Å². The maximum Gasteiger partial charge on any atom is 0.186 e. The molecule has 0 aromatic heterocycles. The van der Waals surface area contributed by atoms with Crippen molar-refractivity contribution in [1.29, 1.82) is 0 Å². The standard InChI is InChI=1S/C11H20O5/c1-6-8(12)9(13)10(14)11(15-6)16-7-4-2-3-5-7/h6-14H,2-5H2,1H3/t6-,8+,9+,10-,11-/m1/s1. The fourth-order valence-electron chi connectivity index (χ4n) is 2.34. The molecule has 0 bridgehead atoms. The summed E-state index contributed by atoms with van der Waals surface area (Å²) in [5.74, 6) is 0. The lowest BCUT2D eigenvalue weighted by atomic mass is 10.00. The van der Waals surface area contributed by atoms with E-state index in [9.17, 15) is 15.3 Å². The van der Waals surface area contributed by atoms with E-state index < -0.39 is 30.7 Å². The first-order valence-corrected chi connectivity index (χ1v) is 5.94. The first-order chi connectivity index (χ1) is 7.59. The van der Waals surface area contributed by atoms with Crippen LogP contribution in [0, 0.1) is 0 Å². The normalized spacial score (nSPS) is 46.1. The van der Waals surface area contributed by atoms with Crippen molar-refractivity contribution in [2.45, 2.75) is 69.4 Å². The van der Waals surface area contributed by atoms with E-state index >= 15 is 0 Å². The molecule has 1 heterocycles. The quantitative estimate of drug-likeness (QED) is 0.613. The fourth-order valence-corrected chi connectivity index (χ4v) is 2.34. The van der Waals surface area contributed by atoms with Crippen LogP contribution in [0.25, 0.3) is 0 Å². The summed E-state index contributed by atoms with van der Waals surface area (Å²) in [6.07, 6.45) is -0.460. The zero-order valence-corrected chi connectivity index (χ0v) is 9.45. The molecule has 2 fully saturated rings. The van der Waals surface area contributed by atoms with Gasteiger partial charge in [-0.2, -0.15) is 0 Å². The van der Waals surface area contributed by atoms with Crippen molar-refractivity contribution in [3.63, 3.8) is 0 Å². The van der Waals surface area contributed by atoms with Gasteiger partial charge in [-0.15, -0.1) is 0 Å². The predicted molar refractivity (Wildman–Crippen MR) is 55.7 cm³/mol. The highest BCUT2D eigenvalue weighted by atomic mass is 16.7. The molecule has 94 valence electrons. The average Bonchev–Trinajstić information content (AvgIpc) is 2.76. The number of rotatable bonds is 2. The fraction of sp³-hybridized carbons (Fsp3) is 1.00. The van der Waals surface area contributed by atoms with E-state index in [4.69, 9.17) is 9.47 Å². The Kier molecular flexibility index (Phi) is 3.81. The van der Waals surface area contributed by atoms with E-state index in [1.807, 2.05) is 0 Å². The molecule has 1 aliphatic carbocycles. The maximum absolute atomic E-state index is 9.73. The van der Waals surface area contributed by atoms with E-state index in [1.165, 1.54) is 0 Å². The lowest BCUT2D eigenvalue weighted by Gasteiger charge is -2.39. The first kappa shape index (κ1) is 12.3. The van der Waals surface area contributed by atoms with Gasteiger partial charge in [0.2, 0.25) is 0 Å². The lowest BCUT2D eigenvalue weighted by Crippen LogP contribution is -2.57. The summed E-state index contributed by atoms with van der Waals surface area (Å²) < 4.78 is 11.0. The third-order valence-electron chi connectivity index (χ3n) is 3.44. The number of ether oxygens (including phenoxy) is 2. The van der Waals surface area contributed by atoms with Crippen LogP contribution in [0.1, 0.15) is 32.6 Å². The number of hydrogen-bond acceptors (Lipinski definition) is 5. The van der Waals surface area contributed by atoms with Gasteiger partial charge < -0.3 is 24.8 Å². The van der Waals surface area contributed by atoms with E-state index in [2.05, 4.69) is 0 Å². The molecule has 5 heteroatoms. The largest absolute Gasteiger partial charge is 0.388 e. The van der Waals surface area contributed by atoms with Gasteiger partial charge in [-0.1, -0.05) is 12.8 Å². The first-order valence-electron chi connectivity index (χ1n) is 5.94. The molecule has 0 aromatic rings. The van der Waals surface area contributed by atoms with Gasteiger partial charge in [0.05, 0.1) is 12.2 Å². The summed E-state index contributed by atoms with van der Waals surface area (Å²) in [7, 11) is 0. The summed E-state index contributed by atoms with van der Waals surface area (Å²) in [4.78, 5) is 0. The number of aliphatic hydroxyl groups excluding tert-OH is 3. The summed E-state index contributed by atoms with van der Waals surface area (Å²) in [5, 5.41) is 28.8. The number of aliphatic hydroxyl groups is 3. The van der Waals surface area contributed by atoms with Crippen LogP contribution in [-0.2, 0) is 9.47 Å². The van der Waals surface area contributed by atoms with Crippen LogP contribution in [-0.4, -0.2) is 52.1 Å². The predicted octanol–water partition coefficient (Wildman–Crippen LogP) is -0.227. The Morgan fingerprint density at radius 1 is 1.00 bits per heavy atom. The Balaban J connectivity index is 1.93. The van der Waals surface area contributed by atoms with Crippen molar-refractivity contribution in [3.05, 3.63) is 0 Å². The van der Waals surface area contributed by atoms with Gasteiger partial charge in [0.1, 0.15) is 18.3 Å². The van der Waals surface area contributed by atoms with Crippen LogP contribution in [0.2, 0.25) is 0 Å². The molecule has 1 aliphatic heterocycles. The van der Waals surface area contributed by atoms with Gasteiger partial charge in [-0.3, -0.25) is 0 Å². The topological polar surface area (TPSA) is 79.2 Å². The van der Waals surface area contributed by atoms with Gasteiger partial charge in [-0.05, 0) is 19.8 Å². The van der Waals surface area contributed by atoms with Crippen molar-refractivity contribution in [2.24, 2.45) is 0 Å². The summed E-state index contributed by atoms with van der Waals surface area (Å²) in [6, 6.07) is 0. The minimum Gasteiger partial charge on any atom is -0.388 e. The van der Waals surface area contributed by atoms with Crippen LogP contribution in [0.3, 0.4) is 0 Å². The summed E-state index contributed by atoms with van der Waals surface area (Å²) in [5.41, 5.74) is 0. The Morgan fingerprint density at radius 2 is 1.62 bits per heavy atom. The minimum absolute atomic E-state index is 0.106. The van der Waals surface area contributed by atoms with Crippen molar-refractivity contribution in [2.75, 3.05) is 0 Å². The second-order valence-electron chi connectivity index (χ2n) is 4.72. The molecular formula is C11H20O5. The van der Waals surface area contributed by atoms with Crippen LogP contribution in [0.5, 0.6) is 0 Å². The highest BCUT2D eigenvalue weighted by Gasteiger charge is 2.43. The second-order valence-corrected chi connectivity index (χ2v) is 4.72. The number of hydrogen-bond donors (Lipinski definition) is 3. The van der Waals surface area contributed by atoms with Crippen LogP contribution >= 0.6 is 0 Å². The van der Waals surface area contributed by atoms with Crippen LogP contribution in [0.4, 0.5) is 0 Å². The Labute approximate surface area is 95.0 Å². The average molecular weight is 232 g/mol. The van der Waals surface area contributed by atoms with Crippen molar-refractivity contribution < 1.29 is 24.8 Å². The van der Waals surface area contributed by atoms with Crippen LogP contribution < -0.4 is 0 Å². The third-order valence-corrected chi connectivity index (χ3v) is 3.44. The molecule has 0 radical (unpaired) electrons. The van der Waals surface area contributed by atoms with Crippen molar-refractivity contribution in [3.8, 4) is 0 Å². The molecule has 16 heavy (non-hydrogen) atoms. The van der Waals surface area contributed by atoms with Crippen molar-refractivity contribution in [1.82, 2.24) is 0 Å². The highest BCUT2D eigenvalue weighted by molar-refractivity contribution is 4.87. The molecule has 0 spiro atoms. The zero-order chi connectivity index (χ0) is 11.7. The molecule has 2 aliphatic rings. The molecule has 3 N–H and O–H groups in total. The van der Waals surface area contributed by atoms with Crippen molar-refractivity contribution >= 4 is 0 Å². The Morgan fingerprint density at radius 3 is 2.25 bits per heavy atom. The minimum atomic E-state index is -1.20. The zero-order valence-electron chi connectivity index (χ0n) is 9.45. The van der Waals surface area contributed by atoms with Gasteiger partial charge in [-0.25, -0.2) is 0 Å². The van der Waals surface area contributed by atoms with E-state index in [-0.39, 0.29) is 6.10 Å². The van der Waals surface area contributed by atoms with Gasteiger partial charge >= 0.3 is 0 Å². The molecule has 2 rings (SSSR count). The molecule has 0 amide bonds. The third kappa shape index (κ3) is 2.38. The SMILES string of the molecule is C[C@H]1O[C@H](OC2CCCC2)[C@H](O)[C@@H](O)[C@H]1O. The smallest absolute Gasteiger partial charge is 0.186 e. The van der Waals surface area contributed by atoms with E-state index in [1.54, 1.807) is 6.92 Å². The molecule has 1 saturated heterocycles. The second kappa shape index (κ2) is 4.98. The van der Waals surface area contributed by atoms with E-state index in [0.29, 0.717) is 0 Å². The maximum atomic E-state index is 9.73. The monoisotopic (exact) mass is 232 g/mol. The summed E-state index contributed by atoms with van der Waals surface area (Å²) in [6.45, 7) is 1.66.